The van der Waals surface area contributed by atoms with Crippen LogP contribution in [0, 0.1) is 29.6 Å². The minimum Gasteiger partial charge on any atom is -0.343 e. The fourth-order valence-corrected chi connectivity index (χ4v) is 14.0. The van der Waals surface area contributed by atoms with E-state index in [1.54, 1.807) is 27.7 Å². The summed E-state index contributed by atoms with van der Waals surface area (Å²) < 4.78 is 41.7. The van der Waals surface area contributed by atoms with Gasteiger partial charge in [-0.3, -0.25) is 52.7 Å². The second kappa shape index (κ2) is 31.8. The number of carbonyl (C=O) groups excluding carboxylic acids is 11. The van der Waals surface area contributed by atoms with Crippen molar-refractivity contribution in [3.63, 3.8) is 0 Å². The predicted molar refractivity (Wildman–Crippen MR) is 324 cm³/mol. The van der Waals surface area contributed by atoms with E-state index in [-0.39, 0.29) is 82.6 Å². The fourth-order valence-electron chi connectivity index (χ4n) is 13.5. The summed E-state index contributed by atoms with van der Waals surface area (Å²) in [6.45, 7) is 8.85. The number of nitrogens with zero attached hydrogens (tertiary/aromatic N) is 8. The molecule has 2 saturated heterocycles. The number of likely N-dealkylation sites (N-methyl/N-ethyl adjacent to an activating group) is 7. The summed E-state index contributed by atoms with van der Waals surface area (Å²) in [6.07, 6.45) is 2.72. The topological polar surface area (TPSA) is 250 Å². The van der Waals surface area contributed by atoms with E-state index in [0.29, 0.717) is 25.7 Å². The van der Waals surface area contributed by atoms with Gasteiger partial charge in [0.25, 0.3) is 0 Å². The van der Waals surface area contributed by atoms with Gasteiger partial charge in [-0.2, -0.15) is 13.2 Å². The second-order valence-corrected chi connectivity index (χ2v) is 27.1. The Morgan fingerprint density at radius 1 is 0.614 bits per heavy atom. The molecule has 0 bridgehead atoms. The molecule has 498 valence electrons. The zero-order valence-corrected chi connectivity index (χ0v) is 55.1. The Balaban J connectivity index is 1.51. The summed E-state index contributed by atoms with van der Waals surface area (Å²) in [5.41, 5.74) is -1.47. The van der Waals surface area contributed by atoms with Gasteiger partial charge in [-0.1, -0.05) is 79.1 Å². The molecule has 22 nitrogen and oxygen atoms in total. The molecule has 0 radical (unpaired) electrons. The van der Waals surface area contributed by atoms with E-state index in [9.17, 15) is 56.3 Å². The summed E-state index contributed by atoms with van der Waals surface area (Å²) in [6, 6.07) is -7.53. The molecule has 11 atom stereocenters. The summed E-state index contributed by atoms with van der Waals surface area (Å²) >= 11 is 6.35. The number of carbonyl (C=O) groups is 11. The van der Waals surface area contributed by atoms with Crippen LogP contribution in [0.2, 0.25) is 0 Å². The molecule has 2 aliphatic heterocycles. The van der Waals surface area contributed by atoms with Gasteiger partial charge in [0, 0.05) is 73.7 Å². The van der Waals surface area contributed by atoms with E-state index in [1.807, 2.05) is 6.92 Å². The molecule has 0 aromatic carbocycles. The highest BCUT2D eigenvalue weighted by Gasteiger charge is 2.51. The van der Waals surface area contributed by atoms with E-state index >= 15 is 9.59 Å². The van der Waals surface area contributed by atoms with Crippen molar-refractivity contribution in [1.29, 1.82) is 0 Å². The Bertz CT molecular complexity index is 2520. The van der Waals surface area contributed by atoms with Crippen molar-refractivity contribution in [2.45, 2.75) is 223 Å². The van der Waals surface area contributed by atoms with Crippen LogP contribution in [0.1, 0.15) is 164 Å². The maximum Gasteiger partial charge on any atom is 0.393 e. The van der Waals surface area contributed by atoms with Gasteiger partial charge in [0.15, 0.2) is 0 Å². The van der Waals surface area contributed by atoms with Crippen molar-refractivity contribution in [2.75, 3.05) is 75.5 Å². The first-order valence-electron chi connectivity index (χ1n) is 31.9. The number of amides is 11. The van der Waals surface area contributed by atoms with Crippen molar-refractivity contribution < 1.29 is 65.9 Å². The maximum atomic E-state index is 15.0. The number of hydrogen-bond donors (Lipinski definition) is 3. The third-order valence-corrected chi connectivity index (χ3v) is 20.3. The lowest BCUT2D eigenvalue weighted by Gasteiger charge is -2.41. The lowest BCUT2D eigenvalue weighted by Crippen LogP contribution is -2.64. The van der Waals surface area contributed by atoms with Crippen LogP contribution in [0.5, 0.6) is 0 Å². The van der Waals surface area contributed by atoms with E-state index in [2.05, 4.69) is 16.0 Å². The third kappa shape index (κ3) is 18.2. The Hall–Kier alpha value is -5.75. The van der Waals surface area contributed by atoms with E-state index < -0.39 is 162 Å². The molecule has 3 unspecified atom stereocenters. The van der Waals surface area contributed by atoms with Crippen molar-refractivity contribution >= 4 is 76.6 Å². The Kier molecular flexibility index (Phi) is 26.4. The van der Waals surface area contributed by atoms with Crippen molar-refractivity contribution in [1.82, 2.24) is 55.1 Å². The van der Waals surface area contributed by atoms with Crippen molar-refractivity contribution in [3.05, 3.63) is 0 Å². The number of fused-ring (bicyclic) bond motifs is 1. The van der Waals surface area contributed by atoms with Gasteiger partial charge in [0.2, 0.25) is 65.0 Å². The van der Waals surface area contributed by atoms with E-state index in [4.69, 9.17) is 11.6 Å². The molecule has 1 spiro atoms. The number of hydrogen-bond acceptors (Lipinski definition) is 11. The van der Waals surface area contributed by atoms with Crippen molar-refractivity contribution in [3.8, 4) is 0 Å². The summed E-state index contributed by atoms with van der Waals surface area (Å²) in [7, 11) is 10.1. The molecule has 0 aromatic rings. The average Bonchev–Trinajstić information content (AvgIpc) is 4.25. The number of nitrogens with one attached hydrogen (secondary N) is 3. The first-order valence-corrected chi connectivity index (χ1v) is 32.3. The molecule has 88 heavy (non-hydrogen) atoms. The van der Waals surface area contributed by atoms with Crippen LogP contribution in [-0.2, 0) is 52.7 Å². The molecule has 26 heteroatoms. The van der Waals surface area contributed by atoms with Gasteiger partial charge in [0.05, 0.1) is 25.6 Å². The van der Waals surface area contributed by atoms with Gasteiger partial charge in [0.1, 0.15) is 41.8 Å². The highest BCUT2D eigenvalue weighted by molar-refractivity contribution is 6.20. The maximum absolute atomic E-state index is 15.0. The summed E-state index contributed by atoms with van der Waals surface area (Å²) in [5.74, 6) is -9.44. The molecule has 11 amide bonds. The zero-order chi connectivity index (χ0) is 65.9. The molecule has 5 rings (SSSR count). The number of alkyl halides is 4. The van der Waals surface area contributed by atoms with Crippen LogP contribution < -0.4 is 16.0 Å². The molecule has 2 heterocycles. The van der Waals surface area contributed by atoms with Gasteiger partial charge in [-0.15, -0.1) is 11.6 Å². The zero-order valence-electron chi connectivity index (χ0n) is 54.3. The first kappa shape index (κ1) is 73.0. The van der Waals surface area contributed by atoms with Gasteiger partial charge >= 0.3 is 6.18 Å². The van der Waals surface area contributed by atoms with Crippen LogP contribution in [0.15, 0.2) is 0 Å². The highest BCUT2D eigenvalue weighted by Crippen LogP contribution is 2.44. The van der Waals surface area contributed by atoms with Gasteiger partial charge in [-0.25, -0.2) is 0 Å². The number of halogens is 4. The molecule has 5 fully saturated rings. The normalized spacial score (nSPS) is 30.3. The fraction of sp³-hybridized carbons (Fsp3) is 0.823. The lowest BCUT2D eigenvalue weighted by atomic mass is 9.78. The van der Waals surface area contributed by atoms with Gasteiger partial charge < -0.3 is 55.1 Å². The van der Waals surface area contributed by atoms with Crippen LogP contribution in [0.4, 0.5) is 13.2 Å². The molecule has 3 aliphatic carbocycles. The molecule has 0 aromatic heterocycles. The SMILES string of the molecule is CC[C@H](C)[C@@H]1NC(=O)[C@H](C)N(C)C(=O)C[C@@H](C)N(C)C(=O)[C@H](C(C)C)N(C)C(=O)C2(CCCC2)NC(=O)[C@@H]2CCCN2C(=O)[C@H](CCC2CCC(C(F)(F)F)C(Cl)C2)NC(=O)CN(C)C(=O)[C@H](CC2CCCCC2)N(C)C(=O)CN(C)C(=O)CN(C)C1=O. The average molecular weight is 1270 g/mol. The third-order valence-electron chi connectivity index (χ3n) is 19.8. The number of rotatable bonds is 8. The Morgan fingerprint density at radius 3 is 1.82 bits per heavy atom. The summed E-state index contributed by atoms with van der Waals surface area (Å²) in [4.78, 5) is 169. The Labute approximate surface area is 523 Å². The molecular formula is C62H101ClF3N11O11. The minimum absolute atomic E-state index is 0.0152. The van der Waals surface area contributed by atoms with Crippen LogP contribution in [-0.4, -0.2) is 239 Å². The van der Waals surface area contributed by atoms with Gasteiger partial charge in [-0.05, 0) is 102 Å². The van der Waals surface area contributed by atoms with Crippen molar-refractivity contribution in [2.24, 2.45) is 29.6 Å². The first-order chi connectivity index (χ1) is 41.1. The van der Waals surface area contributed by atoms with E-state index in [0.717, 1.165) is 46.8 Å². The molecule has 5 aliphatic rings. The van der Waals surface area contributed by atoms with Crippen LogP contribution in [0.3, 0.4) is 0 Å². The smallest absolute Gasteiger partial charge is 0.343 e. The molecule has 3 saturated carbocycles. The summed E-state index contributed by atoms with van der Waals surface area (Å²) in [5, 5.41) is 7.43. The van der Waals surface area contributed by atoms with E-state index in [1.165, 1.54) is 80.8 Å². The largest absolute Gasteiger partial charge is 0.393 e. The van der Waals surface area contributed by atoms with Crippen LogP contribution >= 0.6 is 11.6 Å². The minimum atomic E-state index is -4.49. The lowest BCUT2D eigenvalue weighted by molar-refractivity contribution is -0.182. The highest BCUT2D eigenvalue weighted by atomic mass is 35.5. The monoisotopic (exact) mass is 1270 g/mol. The predicted octanol–water partition coefficient (Wildman–Crippen LogP) is 4.54. The standard InChI is InChI=1S/C62H101ClF3N11O11/c1-14-38(4)52-58(86)72(9)35-50(80)70(7)36-51(81)75(12)47(33-41-21-16-15-17-22-41)57(85)71(8)34-48(78)67-45(27-25-42-24-26-43(44(63)32-42)62(64,65)66)56(84)77-30-20-23-46(77)55(83)69-61(28-18-19-29-61)60(88)76(13)53(37(2)3)59(87)73(10)39(5)31-49(79)74(11)40(6)54(82)68-52/h37-47,52-53H,14-36H2,1-13H3,(H,67,78)(H,68,82)(H,69,83)/t38-,39+,40-,42?,43?,44?,45-,46-,47-,52-,53-/m0/s1. The Morgan fingerprint density at radius 2 is 1.23 bits per heavy atom. The second-order valence-electron chi connectivity index (χ2n) is 26.6. The quantitative estimate of drug-likeness (QED) is 0.285. The van der Waals surface area contributed by atoms with Crippen LogP contribution in [0.25, 0.3) is 0 Å². The molecular weight excluding hydrogens is 1170 g/mol. The molecule has 3 N–H and O–H groups in total.